The summed E-state index contributed by atoms with van der Waals surface area (Å²) in [6.07, 6.45) is 0.224. The lowest BCUT2D eigenvalue weighted by atomic mass is 9.95. The fourth-order valence-electron chi connectivity index (χ4n) is 3.53. The van der Waals surface area contributed by atoms with Gasteiger partial charge < -0.3 is 28.7 Å². The van der Waals surface area contributed by atoms with Crippen LogP contribution in [-0.2, 0) is 20.7 Å². The molecule has 8 heteroatoms. The quantitative estimate of drug-likeness (QED) is 0.500. The molecule has 0 unspecified atom stereocenters. The van der Waals surface area contributed by atoms with E-state index in [0.717, 1.165) is 47.3 Å². The monoisotopic (exact) mass is 492 g/mol. The summed E-state index contributed by atoms with van der Waals surface area (Å²) in [6.45, 7) is 3.35. The average molecular weight is 493 g/mol. The van der Waals surface area contributed by atoms with Gasteiger partial charge >= 0.3 is 0 Å². The number of nitrogens with zero attached hydrogens (tertiary/aromatic N) is 2. The molecule has 0 aromatic heterocycles. The smallest absolute Gasteiger partial charge is 0.227 e. The van der Waals surface area contributed by atoms with Crippen LogP contribution in [0, 0.1) is 0 Å². The van der Waals surface area contributed by atoms with E-state index in [1.54, 1.807) is 20.3 Å². The van der Waals surface area contributed by atoms with Crippen molar-refractivity contribution >= 4 is 21.8 Å². The summed E-state index contributed by atoms with van der Waals surface area (Å²) >= 11 is 3.68. The molecule has 168 valence electrons. The van der Waals surface area contributed by atoms with Crippen LogP contribution in [-0.4, -0.2) is 76.7 Å². The highest BCUT2D eigenvalue weighted by Crippen LogP contribution is 2.43. The molecule has 7 nitrogen and oxygen atoms in total. The van der Waals surface area contributed by atoms with E-state index in [1.165, 1.54) is 0 Å². The molecule has 1 aliphatic rings. The van der Waals surface area contributed by atoms with E-state index in [-0.39, 0.29) is 25.9 Å². The van der Waals surface area contributed by atoms with Crippen molar-refractivity contribution in [3.63, 3.8) is 0 Å². The third kappa shape index (κ3) is 5.98. The van der Waals surface area contributed by atoms with Crippen molar-refractivity contribution in [1.29, 1.82) is 0 Å². The predicted octanol–water partition coefficient (Wildman–Crippen LogP) is 3.40. The Morgan fingerprint density at radius 2 is 1.58 bits per heavy atom. The van der Waals surface area contributed by atoms with Crippen LogP contribution in [0.4, 0.5) is 0 Å². The van der Waals surface area contributed by atoms with Crippen LogP contribution in [0.15, 0.2) is 40.9 Å². The van der Waals surface area contributed by atoms with Gasteiger partial charge in [-0.25, -0.2) is 0 Å². The number of piperazine rings is 1. The van der Waals surface area contributed by atoms with Crippen LogP contribution in [0.25, 0.3) is 11.1 Å². The first-order chi connectivity index (χ1) is 15.0. The van der Waals surface area contributed by atoms with Gasteiger partial charge in [0.2, 0.25) is 5.91 Å². The van der Waals surface area contributed by atoms with Crippen molar-refractivity contribution in [2.45, 2.75) is 6.42 Å². The van der Waals surface area contributed by atoms with Gasteiger partial charge in [0.05, 0.1) is 10.9 Å². The maximum Gasteiger partial charge on any atom is 0.227 e. The first-order valence-electron chi connectivity index (χ1n) is 10.2. The number of likely N-dealkylation sites (N-methyl/N-ethyl adjacent to an activating group) is 1. The molecule has 1 fully saturated rings. The van der Waals surface area contributed by atoms with Crippen molar-refractivity contribution in [3.05, 3.63) is 46.4 Å². The molecule has 1 saturated heterocycles. The second-order valence-corrected chi connectivity index (χ2v) is 8.16. The average Bonchev–Trinajstić information content (AvgIpc) is 2.79. The zero-order chi connectivity index (χ0) is 22.2. The summed E-state index contributed by atoms with van der Waals surface area (Å²) in [7, 11) is 5.20. The van der Waals surface area contributed by atoms with Crippen molar-refractivity contribution in [2.24, 2.45) is 0 Å². The molecule has 0 saturated carbocycles. The van der Waals surface area contributed by atoms with E-state index >= 15 is 0 Å². The first-order valence-corrected chi connectivity index (χ1v) is 10.9. The Kier molecular flexibility index (Phi) is 8.71. The number of methoxy groups -OCH3 is 2. The zero-order valence-corrected chi connectivity index (χ0v) is 19.8. The van der Waals surface area contributed by atoms with E-state index in [0.29, 0.717) is 11.5 Å². The minimum Gasteiger partial charge on any atom is -0.467 e. The molecule has 0 spiro atoms. The Bertz CT molecular complexity index is 870. The summed E-state index contributed by atoms with van der Waals surface area (Å²) in [5.74, 6) is 1.21. The van der Waals surface area contributed by atoms with Crippen LogP contribution in [0.5, 0.6) is 11.5 Å². The largest absolute Gasteiger partial charge is 0.467 e. The number of carbonyl (C=O) groups excluding carboxylic acids is 1. The Balaban J connectivity index is 2.05. The van der Waals surface area contributed by atoms with Crippen molar-refractivity contribution in [1.82, 2.24) is 9.80 Å². The van der Waals surface area contributed by atoms with Crippen LogP contribution >= 0.6 is 15.9 Å². The van der Waals surface area contributed by atoms with Crippen molar-refractivity contribution in [2.75, 3.05) is 61.0 Å². The maximum absolute atomic E-state index is 13.2. The van der Waals surface area contributed by atoms with Gasteiger partial charge in [-0.05, 0) is 34.1 Å². The molecule has 0 atom stereocenters. The minimum atomic E-state index is 0.0764. The second kappa shape index (κ2) is 11.5. The molecule has 0 radical (unpaired) electrons. The molecule has 0 N–H and O–H groups in total. The van der Waals surface area contributed by atoms with Crippen molar-refractivity contribution < 1.29 is 23.7 Å². The molecule has 1 amide bonds. The normalized spacial score (nSPS) is 14.5. The SMILES string of the molecule is COCOc1cc(OCOC)c(-c2ccccc2)c(CC(=O)N2CCN(C)CC2)c1Br. The third-order valence-corrected chi connectivity index (χ3v) is 6.07. The molecular formula is C23H29BrN2O5. The van der Waals surface area contributed by atoms with Gasteiger partial charge in [-0.3, -0.25) is 4.79 Å². The highest BCUT2D eigenvalue weighted by Gasteiger charge is 2.25. The van der Waals surface area contributed by atoms with Gasteiger partial charge in [0, 0.05) is 52.0 Å². The lowest BCUT2D eigenvalue weighted by Gasteiger charge is -2.33. The van der Waals surface area contributed by atoms with Crippen LogP contribution in [0.2, 0.25) is 0 Å². The molecule has 0 bridgehead atoms. The van der Waals surface area contributed by atoms with Crippen molar-refractivity contribution in [3.8, 4) is 22.6 Å². The Labute approximate surface area is 191 Å². The summed E-state index contributed by atoms with van der Waals surface area (Å²) in [5, 5.41) is 0. The fraction of sp³-hybridized carbons (Fsp3) is 0.435. The number of hydrogen-bond donors (Lipinski definition) is 0. The number of halogens is 1. The van der Waals surface area contributed by atoms with E-state index in [4.69, 9.17) is 18.9 Å². The Morgan fingerprint density at radius 1 is 0.968 bits per heavy atom. The molecule has 1 aliphatic heterocycles. The lowest BCUT2D eigenvalue weighted by Crippen LogP contribution is -2.47. The van der Waals surface area contributed by atoms with Crippen LogP contribution in [0.1, 0.15) is 5.56 Å². The van der Waals surface area contributed by atoms with Gasteiger partial charge in [-0.15, -0.1) is 0 Å². The third-order valence-electron chi connectivity index (χ3n) is 5.20. The van der Waals surface area contributed by atoms with Gasteiger partial charge in [-0.2, -0.15) is 0 Å². The summed E-state index contributed by atoms with van der Waals surface area (Å²) < 4.78 is 22.6. The van der Waals surface area contributed by atoms with Crippen LogP contribution < -0.4 is 9.47 Å². The molecular weight excluding hydrogens is 464 g/mol. The maximum atomic E-state index is 13.2. The molecule has 31 heavy (non-hydrogen) atoms. The lowest BCUT2D eigenvalue weighted by molar-refractivity contribution is -0.132. The van der Waals surface area contributed by atoms with Gasteiger partial charge in [0.1, 0.15) is 11.5 Å². The summed E-state index contributed by atoms with van der Waals surface area (Å²) in [5.41, 5.74) is 2.61. The molecule has 0 aliphatic carbocycles. The number of benzene rings is 2. The highest BCUT2D eigenvalue weighted by molar-refractivity contribution is 9.10. The first kappa shape index (κ1) is 23.5. The number of amides is 1. The molecule has 2 aromatic rings. The van der Waals surface area contributed by atoms with E-state index in [1.807, 2.05) is 35.2 Å². The summed E-state index contributed by atoms with van der Waals surface area (Å²) in [6, 6.07) is 11.7. The second-order valence-electron chi connectivity index (χ2n) is 7.37. The standard InChI is InChI=1S/C23H29BrN2O5/c1-25-9-11-26(12-10-25)21(27)13-18-22(17-7-5-4-6-8-17)19(30-15-28-2)14-20(23(18)24)31-16-29-3/h4-8,14H,9-13,15-16H2,1-3H3. The fourth-order valence-corrected chi connectivity index (χ4v) is 4.10. The van der Waals surface area contributed by atoms with E-state index < -0.39 is 0 Å². The van der Waals surface area contributed by atoms with Gasteiger partial charge in [0.15, 0.2) is 13.6 Å². The topological polar surface area (TPSA) is 60.5 Å². The highest BCUT2D eigenvalue weighted by atomic mass is 79.9. The van der Waals surface area contributed by atoms with E-state index in [9.17, 15) is 4.79 Å². The zero-order valence-electron chi connectivity index (χ0n) is 18.2. The minimum absolute atomic E-state index is 0.0764. The molecule has 1 heterocycles. The number of rotatable bonds is 9. The molecule has 2 aromatic carbocycles. The number of carbonyl (C=O) groups is 1. The predicted molar refractivity (Wildman–Crippen MR) is 122 cm³/mol. The molecule has 3 rings (SSSR count). The summed E-state index contributed by atoms with van der Waals surface area (Å²) in [4.78, 5) is 17.4. The number of hydrogen-bond acceptors (Lipinski definition) is 6. The van der Waals surface area contributed by atoms with Gasteiger partial charge in [0.25, 0.3) is 0 Å². The van der Waals surface area contributed by atoms with E-state index in [2.05, 4.69) is 27.9 Å². The Morgan fingerprint density at radius 3 is 2.19 bits per heavy atom. The van der Waals surface area contributed by atoms with Gasteiger partial charge in [-0.1, -0.05) is 30.3 Å². The Hall–Kier alpha value is -2.13. The van der Waals surface area contributed by atoms with Crippen LogP contribution in [0.3, 0.4) is 0 Å². The number of ether oxygens (including phenoxy) is 4.